The largest absolute Gasteiger partial charge is 0.398 e. The number of nitrogens with one attached hydrogen (secondary N) is 3. The first-order valence-corrected chi connectivity index (χ1v) is 13.4. The Morgan fingerprint density at radius 1 is 1.07 bits per heavy atom. The van der Waals surface area contributed by atoms with Crippen molar-refractivity contribution in [1.29, 1.82) is 0 Å². The number of hydrogen-bond acceptors (Lipinski definition) is 8. The number of non-ortho nitro benzene ring substituents is 1. The lowest BCUT2D eigenvalue weighted by molar-refractivity contribution is -0.384. The first-order valence-electron chi connectivity index (χ1n) is 13.4. The monoisotopic (exact) mass is 581 g/mol. The highest BCUT2D eigenvalue weighted by atomic mass is 16.6. The van der Waals surface area contributed by atoms with Crippen LogP contribution < -0.4 is 33.2 Å². The third kappa shape index (κ3) is 8.90. The molecule has 0 bridgehead atoms. The van der Waals surface area contributed by atoms with Crippen LogP contribution in [0.3, 0.4) is 0 Å². The lowest BCUT2D eigenvalue weighted by atomic mass is 10.1. The summed E-state index contributed by atoms with van der Waals surface area (Å²) in [6.45, 7) is 0.316. The Morgan fingerprint density at radius 3 is 2.45 bits per heavy atom. The number of nitrogens with zero attached hydrogens (tertiary/aromatic N) is 3. The fraction of sp³-hybridized carbons (Fsp3) is 0.370. The molecule has 2 atom stereocenters. The van der Waals surface area contributed by atoms with Crippen LogP contribution in [0.1, 0.15) is 41.6 Å². The molecule has 0 aromatic heterocycles. The van der Waals surface area contributed by atoms with Crippen molar-refractivity contribution in [3.8, 4) is 0 Å². The zero-order valence-electron chi connectivity index (χ0n) is 23.0. The van der Waals surface area contributed by atoms with Crippen LogP contribution in [0, 0.1) is 10.1 Å². The minimum absolute atomic E-state index is 0.0699. The van der Waals surface area contributed by atoms with Crippen molar-refractivity contribution in [1.82, 2.24) is 20.9 Å². The van der Waals surface area contributed by atoms with Crippen molar-refractivity contribution >= 4 is 41.0 Å². The van der Waals surface area contributed by atoms with Crippen LogP contribution >= 0.6 is 0 Å². The van der Waals surface area contributed by atoms with Gasteiger partial charge in [-0.2, -0.15) is 0 Å². The van der Waals surface area contributed by atoms with E-state index in [0.29, 0.717) is 42.6 Å². The maximum absolute atomic E-state index is 13.3. The summed E-state index contributed by atoms with van der Waals surface area (Å²) in [4.78, 5) is 67.4. The van der Waals surface area contributed by atoms with Gasteiger partial charge in [0.1, 0.15) is 12.1 Å². The number of carbonyl (C=O) groups is 4. The smallest absolute Gasteiger partial charge is 0.269 e. The molecule has 15 heteroatoms. The molecule has 42 heavy (non-hydrogen) atoms. The highest BCUT2D eigenvalue weighted by Crippen LogP contribution is 2.23. The van der Waals surface area contributed by atoms with Crippen molar-refractivity contribution in [3.63, 3.8) is 0 Å². The predicted octanol–water partition coefficient (Wildman–Crippen LogP) is -0.247. The molecule has 2 aromatic rings. The quantitative estimate of drug-likeness (QED) is 0.0456. The van der Waals surface area contributed by atoms with Crippen LogP contribution in [0.15, 0.2) is 53.5 Å². The summed E-state index contributed by atoms with van der Waals surface area (Å²) >= 11 is 0. The molecule has 1 aliphatic rings. The number of anilines is 1. The van der Waals surface area contributed by atoms with E-state index in [4.69, 9.17) is 17.2 Å². The van der Waals surface area contributed by atoms with Gasteiger partial charge in [-0.1, -0.05) is 24.3 Å². The highest BCUT2D eigenvalue weighted by molar-refractivity contribution is 6.02. The van der Waals surface area contributed by atoms with Gasteiger partial charge in [-0.05, 0) is 43.4 Å². The van der Waals surface area contributed by atoms with Crippen LogP contribution in [0.25, 0.3) is 0 Å². The van der Waals surface area contributed by atoms with Crippen LogP contribution in [0.2, 0.25) is 0 Å². The molecule has 0 unspecified atom stereocenters. The van der Waals surface area contributed by atoms with Gasteiger partial charge in [-0.15, -0.1) is 0 Å². The highest BCUT2D eigenvalue weighted by Gasteiger charge is 2.36. The topological polar surface area (TPSA) is 241 Å². The molecule has 15 nitrogen and oxygen atoms in total. The number of nitro groups is 1. The molecule has 3 rings (SSSR count). The van der Waals surface area contributed by atoms with E-state index in [-0.39, 0.29) is 43.6 Å². The summed E-state index contributed by atoms with van der Waals surface area (Å²) in [5.74, 6) is -2.07. The number of benzene rings is 2. The van der Waals surface area contributed by atoms with Crippen molar-refractivity contribution in [3.05, 3.63) is 69.8 Å². The number of amides is 4. The molecule has 9 N–H and O–H groups in total. The zero-order chi connectivity index (χ0) is 30.6. The van der Waals surface area contributed by atoms with Crippen molar-refractivity contribution in [2.45, 2.75) is 44.3 Å². The minimum atomic E-state index is -1.02. The molecule has 1 saturated heterocycles. The van der Waals surface area contributed by atoms with E-state index < -0.39 is 34.7 Å². The van der Waals surface area contributed by atoms with E-state index in [2.05, 4.69) is 20.9 Å². The number of guanidine groups is 1. The molecule has 4 amide bonds. The van der Waals surface area contributed by atoms with Crippen LogP contribution in [-0.4, -0.2) is 71.1 Å². The number of para-hydroxylation sites is 1. The minimum Gasteiger partial charge on any atom is -0.398 e. The van der Waals surface area contributed by atoms with Gasteiger partial charge in [0.15, 0.2) is 5.96 Å². The molecule has 0 aliphatic carbocycles. The number of likely N-dealkylation sites (tertiary alicyclic amines) is 1. The van der Waals surface area contributed by atoms with E-state index in [1.54, 1.807) is 24.3 Å². The van der Waals surface area contributed by atoms with Crippen LogP contribution in [0.5, 0.6) is 0 Å². The van der Waals surface area contributed by atoms with Gasteiger partial charge in [0, 0.05) is 37.5 Å². The van der Waals surface area contributed by atoms with Crippen molar-refractivity contribution < 1.29 is 24.1 Å². The van der Waals surface area contributed by atoms with Crippen molar-refractivity contribution in [2.75, 3.05) is 25.4 Å². The molecular weight excluding hydrogens is 546 g/mol. The Kier molecular flexibility index (Phi) is 11.2. The van der Waals surface area contributed by atoms with Gasteiger partial charge in [-0.25, -0.2) is 0 Å². The molecule has 1 heterocycles. The molecule has 0 spiro atoms. The summed E-state index contributed by atoms with van der Waals surface area (Å²) in [6, 6.07) is 10.5. The molecule has 0 saturated carbocycles. The molecule has 1 aliphatic heterocycles. The lowest BCUT2D eigenvalue weighted by Gasteiger charge is -2.26. The second-order valence-corrected chi connectivity index (χ2v) is 9.67. The standard InChI is InChI=1S/C27H35N9O6/c28-20-6-2-1-5-19(20)26(40)35-14-4-8-22(35)25(39)34-21(7-3-13-31-27(29)30)24(38)33-16-23(37)32-15-17-9-11-18(12-10-17)36(41)42/h1-2,5-6,9-12,21-22H,3-4,7-8,13-16,28H2,(H,32,37)(H,33,38)(H,34,39)(H4,29,30,31)/t21-,22-/m0/s1. The first-order chi connectivity index (χ1) is 20.1. The predicted molar refractivity (Wildman–Crippen MR) is 155 cm³/mol. The summed E-state index contributed by atoms with van der Waals surface area (Å²) in [5, 5.41) is 18.6. The molecule has 224 valence electrons. The van der Waals surface area contributed by atoms with E-state index in [1.807, 2.05) is 0 Å². The number of carbonyl (C=O) groups excluding carboxylic acids is 4. The Hall–Kier alpha value is -5.21. The summed E-state index contributed by atoms with van der Waals surface area (Å²) in [7, 11) is 0. The van der Waals surface area contributed by atoms with E-state index in [0.717, 1.165) is 0 Å². The fourth-order valence-corrected chi connectivity index (χ4v) is 4.46. The van der Waals surface area contributed by atoms with Gasteiger partial charge < -0.3 is 38.1 Å². The number of rotatable bonds is 13. The van der Waals surface area contributed by atoms with E-state index in [1.165, 1.54) is 29.2 Å². The van der Waals surface area contributed by atoms with E-state index >= 15 is 0 Å². The Balaban J connectivity index is 1.59. The Labute approximate surface area is 242 Å². The molecular formula is C27H35N9O6. The van der Waals surface area contributed by atoms with Gasteiger partial charge >= 0.3 is 0 Å². The van der Waals surface area contributed by atoms with Gasteiger partial charge in [-0.3, -0.25) is 34.3 Å². The maximum Gasteiger partial charge on any atom is 0.269 e. The first kappa shape index (κ1) is 31.3. The van der Waals surface area contributed by atoms with Crippen molar-refractivity contribution in [2.24, 2.45) is 16.5 Å². The average Bonchev–Trinajstić information content (AvgIpc) is 3.46. The maximum atomic E-state index is 13.3. The van der Waals surface area contributed by atoms with E-state index in [9.17, 15) is 29.3 Å². The normalized spacial score (nSPS) is 14.9. The van der Waals surface area contributed by atoms with Crippen LogP contribution in [0.4, 0.5) is 11.4 Å². The third-order valence-corrected chi connectivity index (χ3v) is 6.65. The number of nitro benzene ring substituents is 1. The summed E-state index contributed by atoms with van der Waals surface area (Å²) < 4.78 is 0. The SMILES string of the molecule is NC(N)=NCCC[C@H](NC(=O)[C@@H]1CCCN1C(=O)c1ccccc1N)C(=O)NCC(=O)NCc1ccc([N+](=O)[O-])cc1. The van der Waals surface area contributed by atoms with Gasteiger partial charge in [0.05, 0.1) is 17.0 Å². The molecule has 1 fully saturated rings. The lowest BCUT2D eigenvalue weighted by Crippen LogP contribution is -2.54. The number of hydrogen-bond donors (Lipinski definition) is 6. The molecule has 2 aromatic carbocycles. The second kappa shape index (κ2) is 15.0. The Morgan fingerprint density at radius 2 is 1.79 bits per heavy atom. The average molecular weight is 582 g/mol. The molecule has 0 radical (unpaired) electrons. The summed E-state index contributed by atoms with van der Waals surface area (Å²) in [5.41, 5.74) is 17.9. The summed E-state index contributed by atoms with van der Waals surface area (Å²) in [6.07, 6.45) is 1.55. The van der Waals surface area contributed by atoms with Gasteiger partial charge in [0.2, 0.25) is 17.7 Å². The number of aliphatic imine (C=N–C) groups is 1. The number of nitrogen functional groups attached to an aromatic ring is 1. The fourth-order valence-electron chi connectivity index (χ4n) is 4.46. The van der Waals surface area contributed by atoms with Gasteiger partial charge in [0.25, 0.3) is 11.6 Å². The second-order valence-electron chi connectivity index (χ2n) is 9.67. The van der Waals surface area contributed by atoms with Crippen LogP contribution in [-0.2, 0) is 20.9 Å². The Bertz CT molecular complexity index is 1330. The number of nitrogens with two attached hydrogens (primary N) is 3. The zero-order valence-corrected chi connectivity index (χ0v) is 23.0. The third-order valence-electron chi connectivity index (χ3n) is 6.65.